The number of nitrogens with zero attached hydrogens (tertiary/aromatic N) is 2. The molecule has 1 aromatic rings. The van der Waals surface area contributed by atoms with Gasteiger partial charge in [-0.2, -0.15) is 0 Å². The summed E-state index contributed by atoms with van der Waals surface area (Å²) in [6.07, 6.45) is 5.73. The number of amides is 1. The van der Waals surface area contributed by atoms with Crippen LogP contribution in [0, 0.1) is 5.92 Å². The van der Waals surface area contributed by atoms with E-state index in [2.05, 4.69) is 15.6 Å². The Hall–Kier alpha value is -1.40. The van der Waals surface area contributed by atoms with Gasteiger partial charge in [-0.15, -0.1) is 0 Å². The van der Waals surface area contributed by atoms with Gasteiger partial charge in [0.05, 0.1) is 12.6 Å². The maximum Gasteiger partial charge on any atom is 0.234 e. The Kier molecular flexibility index (Phi) is 5.58. The zero-order valence-corrected chi connectivity index (χ0v) is 14.1. The average molecular weight is 308 g/mol. The number of aromatic nitrogens is 2. The third-order valence-corrected chi connectivity index (χ3v) is 3.87. The highest BCUT2D eigenvalue weighted by molar-refractivity contribution is 5.78. The van der Waals surface area contributed by atoms with Crippen molar-refractivity contribution < 1.29 is 9.53 Å². The molecule has 6 nitrogen and oxygen atoms in total. The smallest absolute Gasteiger partial charge is 0.234 e. The van der Waals surface area contributed by atoms with Crippen molar-refractivity contribution in [1.82, 2.24) is 20.2 Å². The molecule has 1 fully saturated rings. The van der Waals surface area contributed by atoms with Gasteiger partial charge in [-0.1, -0.05) is 0 Å². The van der Waals surface area contributed by atoms with Gasteiger partial charge in [-0.25, -0.2) is 4.98 Å². The van der Waals surface area contributed by atoms with Crippen LogP contribution in [0.15, 0.2) is 12.4 Å². The topological polar surface area (TPSA) is 68.2 Å². The molecule has 2 heterocycles. The lowest BCUT2D eigenvalue weighted by Crippen LogP contribution is -2.46. The molecule has 2 N–H and O–H groups in total. The molecule has 1 aromatic heterocycles. The lowest BCUT2D eigenvalue weighted by atomic mass is 9.91. The van der Waals surface area contributed by atoms with E-state index in [4.69, 9.17) is 4.74 Å². The van der Waals surface area contributed by atoms with E-state index in [0.717, 1.165) is 31.9 Å². The van der Waals surface area contributed by atoms with Crippen LogP contribution in [0.2, 0.25) is 0 Å². The van der Waals surface area contributed by atoms with Crippen LogP contribution in [0.3, 0.4) is 0 Å². The summed E-state index contributed by atoms with van der Waals surface area (Å²) in [7, 11) is 1.99. The van der Waals surface area contributed by atoms with Crippen molar-refractivity contribution in [2.45, 2.75) is 45.2 Å². The molecule has 1 aliphatic rings. The molecule has 0 aromatic carbocycles. The monoisotopic (exact) mass is 308 g/mol. The molecule has 0 unspecified atom stereocenters. The Morgan fingerprint density at radius 3 is 2.68 bits per heavy atom. The quantitative estimate of drug-likeness (QED) is 0.862. The lowest BCUT2D eigenvalue weighted by molar-refractivity contribution is -0.121. The van der Waals surface area contributed by atoms with Gasteiger partial charge in [0.15, 0.2) is 0 Å². The third kappa shape index (κ3) is 4.81. The van der Waals surface area contributed by atoms with Gasteiger partial charge < -0.3 is 14.6 Å². The van der Waals surface area contributed by atoms with E-state index in [1.165, 1.54) is 0 Å². The van der Waals surface area contributed by atoms with Crippen LogP contribution >= 0.6 is 0 Å². The second-order valence-electron chi connectivity index (χ2n) is 7.00. The van der Waals surface area contributed by atoms with Crippen molar-refractivity contribution in [2.24, 2.45) is 13.0 Å². The number of ether oxygens (including phenoxy) is 1. The number of aryl methyl sites for hydroxylation is 1. The Bertz CT molecular complexity index is 487. The summed E-state index contributed by atoms with van der Waals surface area (Å²) >= 11 is 0. The van der Waals surface area contributed by atoms with E-state index in [9.17, 15) is 4.79 Å². The summed E-state index contributed by atoms with van der Waals surface area (Å²) < 4.78 is 7.48. The minimum Gasteiger partial charge on any atom is -0.381 e. The second-order valence-corrected chi connectivity index (χ2v) is 7.00. The summed E-state index contributed by atoms with van der Waals surface area (Å²) in [5.74, 6) is 1.44. The average Bonchev–Trinajstić information content (AvgIpc) is 2.85. The first kappa shape index (κ1) is 17.0. The highest BCUT2D eigenvalue weighted by atomic mass is 16.5. The summed E-state index contributed by atoms with van der Waals surface area (Å²) in [6.45, 7) is 7.81. The predicted octanol–water partition coefficient (Wildman–Crippen LogP) is 1.39. The van der Waals surface area contributed by atoms with Crippen molar-refractivity contribution in [3.05, 3.63) is 18.2 Å². The van der Waals surface area contributed by atoms with E-state index in [0.29, 0.717) is 12.5 Å². The van der Waals surface area contributed by atoms with Crippen molar-refractivity contribution >= 4 is 5.91 Å². The molecular weight excluding hydrogens is 280 g/mol. The third-order valence-electron chi connectivity index (χ3n) is 3.87. The first-order chi connectivity index (χ1) is 10.4. The molecule has 1 atom stereocenters. The molecule has 6 heteroatoms. The van der Waals surface area contributed by atoms with E-state index < -0.39 is 0 Å². The normalized spacial score (nSPS) is 18.2. The standard InChI is InChI=1S/C16H28N4O2/c1-16(2,3)19-13(21)11-18-14(12-5-9-22-10-6-12)15-17-7-8-20(15)4/h7-8,12,14,18H,5-6,9-11H2,1-4H3,(H,19,21)/t14-/m1/s1. The fourth-order valence-electron chi connectivity index (χ4n) is 2.86. The van der Waals surface area contributed by atoms with E-state index >= 15 is 0 Å². The minimum atomic E-state index is -0.212. The molecule has 124 valence electrons. The Balaban J connectivity index is 2.02. The van der Waals surface area contributed by atoms with Crippen LogP contribution in [0.1, 0.15) is 45.5 Å². The van der Waals surface area contributed by atoms with Gasteiger partial charge in [-0.05, 0) is 39.5 Å². The van der Waals surface area contributed by atoms with Crippen LogP contribution in [0.25, 0.3) is 0 Å². The number of imidazole rings is 1. The Labute approximate surface area is 132 Å². The van der Waals surface area contributed by atoms with Crippen molar-refractivity contribution in [3.63, 3.8) is 0 Å². The molecule has 1 saturated heterocycles. The van der Waals surface area contributed by atoms with Crippen LogP contribution in [0.4, 0.5) is 0 Å². The van der Waals surface area contributed by atoms with Gasteiger partial charge in [0.1, 0.15) is 5.82 Å². The molecule has 22 heavy (non-hydrogen) atoms. The fraction of sp³-hybridized carbons (Fsp3) is 0.750. The Morgan fingerprint density at radius 2 is 2.14 bits per heavy atom. The summed E-state index contributed by atoms with van der Waals surface area (Å²) in [6, 6.07) is 0.0784. The van der Waals surface area contributed by atoms with E-state index in [1.54, 1.807) is 6.20 Å². The highest BCUT2D eigenvalue weighted by Gasteiger charge is 2.28. The SMILES string of the molecule is Cn1ccnc1[C@H](NCC(=O)NC(C)(C)C)C1CCOCC1. The van der Waals surface area contributed by atoms with Crippen LogP contribution < -0.4 is 10.6 Å². The minimum absolute atomic E-state index is 0.0127. The molecule has 2 rings (SSSR count). The van der Waals surface area contributed by atoms with Crippen molar-refractivity contribution in [1.29, 1.82) is 0 Å². The molecule has 1 aliphatic heterocycles. The first-order valence-electron chi connectivity index (χ1n) is 7.96. The van der Waals surface area contributed by atoms with Crippen LogP contribution in [-0.4, -0.2) is 40.8 Å². The van der Waals surface area contributed by atoms with E-state index in [-0.39, 0.29) is 17.5 Å². The maximum absolute atomic E-state index is 12.1. The molecule has 1 amide bonds. The first-order valence-corrected chi connectivity index (χ1v) is 7.96. The molecule has 0 aliphatic carbocycles. The van der Waals surface area contributed by atoms with Crippen molar-refractivity contribution in [3.8, 4) is 0 Å². The van der Waals surface area contributed by atoms with E-state index in [1.807, 2.05) is 38.6 Å². The molecular formula is C16H28N4O2. The summed E-state index contributed by atoms with van der Waals surface area (Å²) in [5.41, 5.74) is -0.212. The maximum atomic E-state index is 12.1. The van der Waals surface area contributed by atoms with Gasteiger partial charge in [-0.3, -0.25) is 10.1 Å². The predicted molar refractivity (Wildman–Crippen MR) is 85.4 cm³/mol. The van der Waals surface area contributed by atoms with Gasteiger partial charge in [0.25, 0.3) is 0 Å². The van der Waals surface area contributed by atoms with Crippen LogP contribution in [-0.2, 0) is 16.6 Å². The second kappa shape index (κ2) is 7.24. The zero-order chi connectivity index (χ0) is 16.2. The number of carbonyl (C=O) groups is 1. The molecule has 0 spiro atoms. The fourth-order valence-corrected chi connectivity index (χ4v) is 2.86. The lowest BCUT2D eigenvalue weighted by Gasteiger charge is -2.31. The zero-order valence-electron chi connectivity index (χ0n) is 14.1. The van der Waals surface area contributed by atoms with Gasteiger partial charge in [0.2, 0.25) is 5.91 Å². The summed E-state index contributed by atoms with van der Waals surface area (Å²) in [5, 5.41) is 6.39. The number of rotatable bonds is 5. The molecule has 0 radical (unpaired) electrons. The number of hydrogen-bond acceptors (Lipinski definition) is 4. The van der Waals surface area contributed by atoms with Gasteiger partial charge >= 0.3 is 0 Å². The Morgan fingerprint density at radius 1 is 1.45 bits per heavy atom. The highest BCUT2D eigenvalue weighted by Crippen LogP contribution is 2.28. The largest absolute Gasteiger partial charge is 0.381 e. The number of hydrogen-bond donors (Lipinski definition) is 2. The summed E-state index contributed by atoms with van der Waals surface area (Å²) in [4.78, 5) is 16.5. The molecule has 0 saturated carbocycles. The van der Waals surface area contributed by atoms with Crippen LogP contribution in [0.5, 0.6) is 0 Å². The van der Waals surface area contributed by atoms with Gasteiger partial charge in [0, 0.05) is 38.2 Å². The number of carbonyl (C=O) groups excluding carboxylic acids is 1. The number of nitrogens with one attached hydrogen (secondary N) is 2. The molecule has 0 bridgehead atoms. The van der Waals surface area contributed by atoms with Crippen molar-refractivity contribution in [2.75, 3.05) is 19.8 Å².